The van der Waals surface area contributed by atoms with Gasteiger partial charge in [-0.15, -0.1) is 0 Å². The molecule has 0 fully saturated rings. The second-order valence-electron chi connectivity index (χ2n) is 8.16. The van der Waals surface area contributed by atoms with Gasteiger partial charge in [0.1, 0.15) is 5.75 Å². The van der Waals surface area contributed by atoms with Gasteiger partial charge in [0.25, 0.3) is 5.69 Å². The number of halogens is 3. The molecule has 2 aromatic rings. The average molecular weight is 497 g/mol. The van der Waals surface area contributed by atoms with E-state index in [9.17, 15) is 32.9 Å². The number of hydrogen-bond donors (Lipinski definition) is 0. The van der Waals surface area contributed by atoms with E-state index in [2.05, 4.69) is 0 Å². The first-order chi connectivity index (χ1) is 16.3. The summed E-state index contributed by atoms with van der Waals surface area (Å²) in [6.07, 6.45) is -5.01. The Balaban J connectivity index is 2.73. The van der Waals surface area contributed by atoms with Crippen molar-refractivity contribution in [2.45, 2.75) is 32.4 Å². The molecule has 0 aliphatic heterocycles. The SMILES string of the molecule is COC(=O)C(C)(C(=O)OC)C(C)C(Cc1cc(C(F)(F)F)ccc1[N+](=O)[O-])c1ccc(OC)cc1. The molecule has 0 saturated carbocycles. The van der Waals surface area contributed by atoms with Gasteiger partial charge in [0, 0.05) is 11.6 Å². The molecule has 2 unspecified atom stereocenters. The van der Waals surface area contributed by atoms with Crippen LogP contribution >= 0.6 is 0 Å². The topological polar surface area (TPSA) is 105 Å². The van der Waals surface area contributed by atoms with Crippen LogP contribution in [0.5, 0.6) is 5.75 Å². The van der Waals surface area contributed by atoms with Crippen molar-refractivity contribution in [1.82, 2.24) is 0 Å². The molecule has 35 heavy (non-hydrogen) atoms. The number of hydrogen-bond acceptors (Lipinski definition) is 7. The van der Waals surface area contributed by atoms with E-state index in [1.807, 2.05) is 0 Å². The summed E-state index contributed by atoms with van der Waals surface area (Å²) in [4.78, 5) is 36.3. The van der Waals surface area contributed by atoms with Gasteiger partial charge < -0.3 is 14.2 Å². The zero-order valence-corrected chi connectivity index (χ0v) is 19.8. The number of methoxy groups -OCH3 is 3. The van der Waals surface area contributed by atoms with E-state index >= 15 is 0 Å². The van der Waals surface area contributed by atoms with Gasteiger partial charge in [-0.1, -0.05) is 19.1 Å². The fourth-order valence-corrected chi connectivity index (χ4v) is 4.06. The third-order valence-corrected chi connectivity index (χ3v) is 6.32. The van der Waals surface area contributed by atoms with E-state index < -0.39 is 51.5 Å². The van der Waals surface area contributed by atoms with Gasteiger partial charge in [0.15, 0.2) is 5.41 Å². The fraction of sp³-hybridized carbons (Fsp3) is 0.417. The first kappa shape index (κ1) is 27.6. The number of carbonyl (C=O) groups excluding carboxylic acids is 2. The van der Waals surface area contributed by atoms with Crippen LogP contribution in [0.15, 0.2) is 42.5 Å². The first-order valence-corrected chi connectivity index (χ1v) is 10.5. The zero-order valence-electron chi connectivity index (χ0n) is 19.8. The van der Waals surface area contributed by atoms with E-state index in [0.717, 1.165) is 26.4 Å². The summed E-state index contributed by atoms with van der Waals surface area (Å²) in [5, 5.41) is 11.6. The van der Waals surface area contributed by atoms with Crippen LogP contribution in [0.2, 0.25) is 0 Å². The molecule has 0 bridgehead atoms. The molecule has 0 aromatic heterocycles. The van der Waals surface area contributed by atoms with Gasteiger partial charge >= 0.3 is 18.1 Å². The highest BCUT2D eigenvalue weighted by molar-refractivity contribution is 6.00. The molecule has 190 valence electrons. The van der Waals surface area contributed by atoms with E-state index in [1.165, 1.54) is 14.0 Å². The molecular weight excluding hydrogens is 471 g/mol. The second-order valence-corrected chi connectivity index (χ2v) is 8.16. The number of esters is 2. The molecule has 0 heterocycles. The van der Waals surface area contributed by atoms with E-state index in [0.29, 0.717) is 17.4 Å². The Labute approximate surface area is 200 Å². The Morgan fingerprint density at radius 1 is 1.00 bits per heavy atom. The van der Waals surface area contributed by atoms with Crippen molar-refractivity contribution in [3.8, 4) is 5.75 Å². The fourth-order valence-electron chi connectivity index (χ4n) is 4.06. The van der Waals surface area contributed by atoms with Gasteiger partial charge in [-0.05, 0) is 55.0 Å². The Morgan fingerprint density at radius 2 is 1.54 bits per heavy atom. The third kappa shape index (κ3) is 5.72. The van der Waals surface area contributed by atoms with Crippen LogP contribution < -0.4 is 4.74 Å². The number of benzene rings is 2. The predicted octanol–water partition coefficient (Wildman–Crippen LogP) is 4.94. The Morgan fingerprint density at radius 3 is 1.97 bits per heavy atom. The van der Waals surface area contributed by atoms with Crippen LogP contribution in [0.3, 0.4) is 0 Å². The van der Waals surface area contributed by atoms with Crippen molar-refractivity contribution in [2.24, 2.45) is 11.3 Å². The maximum Gasteiger partial charge on any atom is 0.416 e. The zero-order chi connectivity index (χ0) is 26.6. The molecule has 0 N–H and O–H groups in total. The van der Waals surface area contributed by atoms with Crippen LogP contribution in [-0.2, 0) is 31.7 Å². The normalized spacial score (nSPS) is 13.5. The lowest BCUT2D eigenvalue weighted by molar-refractivity contribution is -0.385. The summed E-state index contributed by atoms with van der Waals surface area (Å²) in [7, 11) is 3.64. The number of carbonyl (C=O) groups is 2. The molecule has 0 amide bonds. The lowest BCUT2D eigenvalue weighted by Gasteiger charge is -2.36. The molecule has 0 aliphatic carbocycles. The molecule has 11 heteroatoms. The summed E-state index contributed by atoms with van der Waals surface area (Å²) < 4.78 is 55.0. The van der Waals surface area contributed by atoms with E-state index in [4.69, 9.17) is 14.2 Å². The van der Waals surface area contributed by atoms with Gasteiger partial charge in [0.2, 0.25) is 0 Å². The predicted molar refractivity (Wildman–Crippen MR) is 119 cm³/mol. The van der Waals surface area contributed by atoms with Crippen molar-refractivity contribution in [3.63, 3.8) is 0 Å². The van der Waals surface area contributed by atoms with Crippen molar-refractivity contribution in [1.29, 1.82) is 0 Å². The number of nitro groups is 1. The highest BCUT2D eigenvalue weighted by atomic mass is 19.4. The summed E-state index contributed by atoms with van der Waals surface area (Å²) >= 11 is 0. The van der Waals surface area contributed by atoms with Crippen LogP contribution in [0.4, 0.5) is 18.9 Å². The first-order valence-electron chi connectivity index (χ1n) is 10.5. The molecule has 2 aromatic carbocycles. The smallest absolute Gasteiger partial charge is 0.416 e. The maximum atomic E-state index is 13.4. The minimum Gasteiger partial charge on any atom is -0.497 e. The number of nitro benzene ring substituents is 1. The van der Waals surface area contributed by atoms with Gasteiger partial charge in [-0.25, -0.2) is 0 Å². The molecule has 0 spiro atoms. The standard InChI is InChI=1S/C24H26F3NO7/c1-14(23(2,21(29)34-4)22(30)35-5)19(15-6-9-18(33-3)10-7-15)13-16-12-17(24(25,26)27)8-11-20(16)28(31)32/h6-12,14,19H,13H2,1-5H3. The monoisotopic (exact) mass is 497 g/mol. The minimum absolute atomic E-state index is 0.199. The maximum absolute atomic E-state index is 13.4. The number of alkyl halides is 3. The van der Waals surface area contributed by atoms with Crippen LogP contribution in [0, 0.1) is 21.4 Å². The lowest BCUT2D eigenvalue weighted by Crippen LogP contribution is -2.46. The quantitative estimate of drug-likeness (QED) is 0.209. The van der Waals surface area contributed by atoms with Gasteiger partial charge in [-0.3, -0.25) is 19.7 Å². The molecular formula is C24H26F3NO7. The number of nitrogens with zero attached hydrogens (tertiary/aromatic N) is 1. The van der Waals surface area contributed by atoms with Crippen LogP contribution in [0.25, 0.3) is 0 Å². The molecule has 2 rings (SSSR count). The lowest BCUT2D eigenvalue weighted by atomic mass is 9.67. The van der Waals surface area contributed by atoms with Gasteiger partial charge in [0.05, 0.1) is 31.8 Å². The second kappa shape index (κ2) is 10.7. The molecule has 8 nitrogen and oxygen atoms in total. The van der Waals surface area contributed by atoms with Crippen molar-refractivity contribution in [2.75, 3.05) is 21.3 Å². The highest BCUT2D eigenvalue weighted by Crippen LogP contribution is 2.44. The molecule has 0 radical (unpaired) electrons. The third-order valence-electron chi connectivity index (χ3n) is 6.32. The molecule has 0 saturated heterocycles. The van der Waals surface area contributed by atoms with Crippen LogP contribution in [0.1, 0.15) is 36.5 Å². The van der Waals surface area contributed by atoms with Gasteiger partial charge in [-0.2, -0.15) is 13.2 Å². The summed E-state index contributed by atoms with van der Waals surface area (Å²) in [6, 6.07) is 8.60. The van der Waals surface area contributed by atoms with Crippen molar-refractivity contribution < 1.29 is 41.9 Å². The Kier molecular flexibility index (Phi) is 8.48. The Hall–Kier alpha value is -3.63. The number of ether oxygens (including phenoxy) is 3. The minimum atomic E-state index is -4.72. The van der Waals surface area contributed by atoms with E-state index in [-0.39, 0.29) is 12.0 Å². The van der Waals surface area contributed by atoms with Crippen molar-refractivity contribution >= 4 is 17.6 Å². The largest absolute Gasteiger partial charge is 0.497 e. The average Bonchev–Trinajstić information content (AvgIpc) is 2.84. The van der Waals surface area contributed by atoms with Crippen LogP contribution in [-0.4, -0.2) is 38.2 Å². The molecule has 0 aliphatic rings. The summed E-state index contributed by atoms with van der Waals surface area (Å²) in [5.74, 6) is -3.06. The Bertz CT molecular complexity index is 1070. The highest BCUT2D eigenvalue weighted by Gasteiger charge is 2.51. The summed E-state index contributed by atoms with van der Waals surface area (Å²) in [6.45, 7) is 2.86. The summed E-state index contributed by atoms with van der Waals surface area (Å²) in [5.41, 5.74) is -3.10. The van der Waals surface area contributed by atoms with E-state index in [1.54, 1.807) is 31.2 Å². The molecule has 2 atom stereocenters. The number of rotatable bonds is 9. The van der Waals surface area contributed by atoms with Crippen molar-refractivity contribution in [3.05, 3.63) is 69.3 Å².